The van der Waals surface area contributed by atoms with Crippen molar-refractivity contribution in [3.8, 4) is 0 Å². The molecule has 0 radical (unpaired) electrons. The number of carbonyl (C=O) groups excluding carboxylic acids is 1. The monoisotopic (exact) mass is 441 g/mol. The second-order valence-electron chi connectivity index (χ2n) is 4.87. The third kappa shape index (κ3) is 4.25. The van der Waals surface area contributed by atoms with Crippen molar-refractivity contribution < 1.29 is 66.6 Å². The molecule has 1 atom stereocenters. The van der Waals surface area contributed by atoms with Gasteiger partial charge in [-0.15, -0.1) is 0 Å². The van der Waals surface area contributed by atoms with E-state index in [-0.39, 0.29) is 18.2 Å². The van der Waals surface area contributed by atoms with Crippen LogP contribution in [-0.2, 0) is 9.53 Å². The van der Waals surface area contributed by atoms with Crippen molar-refractivity contribution in [1.29, 1.82) is 0 Å². The van der Waals surface area contributed by atoms with E-state index in [1.807, 2.05) is 4.74 Å². The molecule has 0 heterocycles. The molecule has 3 nitrogen and oxygen atoms in total. The number of rotatable bonds is 5. The maximum absolute atomic E-state index is 13.9. The Kier molecular flexibility index (Phi) is 5.92. The quantitative estimate of drug-likeness (QED) is 0.658. The molecular formula is C12H4F13NO2. The van der Waals surface area contributed by atoms with Crippen molar-refractivity contribution in [3.63, 3.8) is 0 Å². The average Bonchev–Trinajstić information content (AvgIpc) is 2.48. The van der Waals surface area contributed by atoms with Gasteiger partial charge < -0.3 is 5.32 Å². The van der Waals surface area contributed by atoms with Crippen LogP contribution in [0.15, 0.2) is 18.2 Å². The summed E-state index contributed by atoms with van der Waals surface area (Å²) in [5.74, 6) is -20.6. The topological polar surface area (TPSA) is 38.3 Å². The van der Waals surface area contributed by atoms with E-state index in [1.165, 1.54) is 0 Å². The van der Waals surface area contributed by atoms with Crippen LogP contribution in [-0.4, -0.2) is 36.1 Å². The number of amides is 1. The Morgan fingerprint density at radius 2 is 1.29 bits per heavy atom. The summed E-state index contributed by atoms with van der Waals surface area (Å²) in [6.45, 7) is 0. The minimum Gasteiger partial charge on any atom is -0.321 e. The van der Waals surface area contributed by atoms with Crippen LogP contribution >= 0.6 is 0 Å². The van der Waals surface area contributed by atoms with Gasteiger partial charge in [0.1, 0.15) is 0 Å². The van der Waals surface area contributed by atoms with Crippen molar-refractivity contribution in [2.45, 2.75) is 30.2 Å². The third-order valence-electron chi connectivity index (χ3n) is 2.82. The summed E-state index contributed by atoms with van der Waals surface area (Å²) in [6.07, 6.45) is -21.3. The van der Waals surface area contributed by atoms with E-state index in [2.05, 4.69) is 0 Å². The molecule has 0 spiro atoms. The number of nitrogens with one attached hydrogen (secondary N) is 1. The van der Waals surface area contributed by atoms with Gasteiger partial charge in [-0.25, -0.2) is 8.78 Å². The number of hydrogen-bond donors (Lipinski definition) is 1. The Bertz CT molecular complexity index is 742. The lowest BCUT2D eigenvalue weighted by atomic mass is 10.2. The highest BCUT2D eigenvalue weighted by atomic mass is 19.4. The molecule has 1 aromatic rings. The summed E-state index contributed by atoms with van der Waals surface area (Å²) in [7, 11) is 0. The van der Waals surface area contributed by atoms with Gasteiger partial charge in [-0.1, -0.05) is 0 Å². The molecule has 1 amide bonds. The molecule has 0 fully saturated rings. The van der Waals surface area contributed by atoms with E-state index in [4.69, 9.17) is 0 Å². The first-order valence-electron chi connectivity index (χ1n) is 6.31. The van der Waals surface area contributed by atoms with Gasteiger partial charge in [0.2, 0.25) is 0 Å². The van der Waals surface area contributed by atoms with E-state index in [9.17, 15) is 61.9 Å². The van der Waals surface area contributed by atoms with Gasteiger partial charge in [-0.3, -0.25) is 9.53 Å². The minimum atomic E-state index is -7.34. The Balaban J connectivity index is 3.32. The van der Waals surface area contributed by atoms with Gasteiger partial charge in [0.05, 0.1) is 0 Å². The molecule has 16 heteroatoms. The predicted octanol–water partition coefficient (Wildman–Crippen LogP) is 4.94. The molecule has 0 aliphatic heterocycles. The summed E-state index contributed by atoms with van der Waals surface area (Å²) < 4.78 is 167. The first-order valence-corrected chi connectivity index (χ1v) is 6.31. The molecular weight excluding hydrogens is 437 g/mol. The largest absolute Gasteiger partial charge is 0.462 e. The Morgan fingerprint density at radius 3 is 1.68 bits per heavy atom. The lowest BCUT2D eigenvalue weighted by molar-refractivity contribution is -0.472. The highest BCUT2D eigenvalue weighted by Gasteiger charge is 2.79. The minimum absolute atomic E-state index is 0.0769. The second-order valence-corrected chi connectivity index (χ2v) is 4.87. The van der Waals surface area contributed by atoms with Gasteiger partial charge in [0.15, 0.2) is 11.6 Å². The van der Waals surface area contributed by atoms with Crippen molar-refractivity contribution in [2.75, 3.05) is 5.32 Å². The molecule has 0 aliphatic carbocycles. The van der Waals surface area contributed by atoms with E-state index < -0.39 is 53.5 Å². The number of ether oxygens (including phenoxy) is 1. The summed E-state index contributed by atoms with van der Waals surface area (Å²) in [5, 5.41) is 0.745. The van der Waals surface area contributed by atoms with Crippen LogP contribution in [0.2, 0.25) is 0 Å². The molecule has 160 valence electrons. The SMILES string of the molecule is O=C(Nc1ccc(F)c(F)c1)C(F)(OC(F)(F)C(F)(F)C(F)(F)F)C(F)(F)F. The number of hydrogen-bond acceptors (Lipinski definition) is 2. The molecule has 0 aromatic heterocycles. The number of alkyl halides is 11. The average molecular weight is 441 g/mol. The van der Waals surface area contributed by atoms with Crippen LogP contribution in [0.3, 0.4) is 0 Å². The smallest absolute Gasteiger partial charge is 0.321 e. The first-order chi connectivity index (χ1) is 12.3. The van der Waals surface area contributed by atoms with Gasteiger partial charge in [0.25, 0.3) is 5.91 Å². The molecule has 1 rings (SSSR count). The van der Waals surface area contributed by atoms with Crippen molar-refractivity contribution in [1.82, 2.24) is 0 Å². The van der Waals surface area contributed by atoms with Gasteiger partial charge in [-0.05, 0) is 12.1 Å². The van der Waals surface area contributed by atoms with Crippen LogP contribution < -0.4 is 5.32 Å². The lowest BCUT2D eigenvalue weighted by Gasteiger charge is -2.34. The maximum Gasteiger partial charge on any atom is 0.462 e. The van der Waals surface area contributed by atoms with Crippen LogP contribution in [0.1, 0.15) is 0 Å². The fourth-order valence-corrected chi connectivity index (χ4v) is 1.42. The van der Waals surface area contributed by atoms with Crippen LogP contribution in [0.4, 0.5) is 62.8 Å². The van der Waals surface area contributed by atoms with Crippen LogP contribution in [0.5, 0.6) is 0 Å². The summed E-state index contributed by atoms with van der Waals surface area (Å²) in [6, 6.07) is 0.383. The molecule has 1 N–H and O–H groups in total. The fourth-order valence-electron chi connectivity index (χ4n) is 1.42. The molecule has 1 aromatic carbocycles. The van der Waals surface area contributed by atoms with Crippen LogP contribution in [0, 0.1) is 11.6 Å². The molecule has 0 aliphatic rings. The van der Waals surface area contributed by atoms with E-state index in [1.54, 1.807) is 0 Å². The van der Waals surface area contributed by atoms with Gasteiger partial charge in [-0.2, -0.15) is 48.3 Å². The number of benzene rings is 1. The van der Waals surface area contributed by atoms with E-state index >= 15 is 0 Å². The molecule has 0 bridgehead atoms. The summed E-state index contributed by atoms with van der Waals surface area (Å²) >= 11 is 0. The zero-order valence-electron chi connectivity index (χ0n) is 12.5. The predicted molar refractivity (Wildman–Crippen MR) is 61.9 cm³/mol. The lowest BCUT2D eigenvalue weighted by Crippen LogP contribution is -2.62. The summed E-state index contributed by atoms with van der Waals surface area (Å²) in [4.78, 5) is 11.3. The maximum atomic E-state index is 13.9. The Morgan fingerprint density at radius 1 is 0.786 bits per heavy atom. The number of anilines is 1. The third-order valence-corrected chi connectivity index (χ3v) is 2.82. The fraction of sp³-hybridized carbons (Fsp3) is 0.417. The molecule has 0 saturated carbocycles. The van der Waals surface area contributed by atoms with Gasteiger partial charge >= 0.3 is 30.2 Å². The zero-order valence-corrected chi connectivity index (χ0v) is 12.5. The number of carbonyl (C=O) groups is 1. The zero-order chi connectivity index (χ0) is 22.3. The number of halogens is 13. The molecule has 1 unspecified atom stereocenters. The highest BCUT2D eigenvalue weighted by molar-refractivity contribution is 5.96. The molecule has 28 heavy (non-hydrogen) atoms. The van der Waals surface area contributed by atoms with E-state index in [0.29, 0.717) is 0 Å². The Labute approximate surface area is 145 Å². The summed E-state index contributed by atoms with van der Waals surface area (Å²) in [5.41, 5.74) is -1.20. The van der Waals surface area contributed by atoms with Crippen LogP contribution in [0.25, 0.3) is 0 Å². The van der Waals surface area contributed by atoms with Crippen molar-refractivity contribution in [3.05, 3.63) is 29.8 Å². The molecule has 0 saturated heterocycles. The normalized spacial score (nSPS) is 15.9. The van der Waals surface area contributed by atoms with Gasteiger partial charge in [0, 0.05) is 11.8 Å². The van der Waals surface area contributed by atoms with Crippen molar-refractivity contribution >= 4 is 11.6 Å². The Hall–Kier alpha value is -2.26. The van der Waals surface area contributed by atoms with Crippen molar-refractivity contribution in [2.24, 2.45) is 0 Å². The standard InChI is InChI=1S/C12H4F13NO2/c13-5-2-1-4(3-6(5)14)26-7(27)8(15,10(18,19)20)28-12(24,25)9(16,17)11(21,22)23/h1-3H,(H,26,27). The highest BCUT2D eigenvalue weighted by Crippen LogP contribution is 2.51. The second kappa shape index (κ2) is 6.97. The first kappa shape index (κ1) is 23.8. The van der Waals surface area contributed by atoms with E-state index in [0.717, 1.165) is 5.32 Å².